The molecule has 1 aromatic carbocycles. The molecule has 0 aromatic heterocycles. The van der Waals surface area contributed by atoms with Crippen LogP contribution in [0.25, 0.3) is 0 Å². The Balaban J connectivity index is 2.65. The minimum Gasteiger partial charge on any atom is -0.284 e. The molecule has 0 aliphatic carbocycles. The van der Waals surface area contributed by atoms with E-state index in [1.54, 1.807) is 18.2 Å². The molecular formula is C15H25NO5S2. The second-order valence-corrected chi connectivity index (χ2v) is 8.88. The van der Waals surface area contributed by atoms with Crippen molar-refractivity contribution in [2.24, 2.45) is 0 Å². The number of nitrogens with one attached hydrogen (secondary N) is 1. The molecule has 132 valence electrons. The fourth-order valence-corrected chi connectivity index (χ4v) is 4.81. The Morgan fingerprint density at radius 3 is 2.09 bits per heavy atom. The number of hydrogen-bond acceptors (Lipinski definition) is 4. The van der Waals surface area contributed by atoms with E-state index in [1.165, 1.54) is 12.1 Å². The summed E-state index contributed by atoms with van der Waals surface area (Å²) in [6.07, 6.45) is 5.52. The van der Waals surface area contributed by atoms with Crippen LogP contribution in [0.15, 0.2) is 30.3 Å². The van der Waals surface area contributed by atoms with Crippen LogP contribution in [-0.4, -0.2) is 27.1 Å². The summed E-state index contributed by atoms with van der Waals surface area (Å²) in [7, 11) is -8.38. The summed E-state index contributed by atoms with van der Waals surface area (Å²) < 4.78 is 58.5. The quantitative estimate of drug-likeness (QED) is 0.465. The van der Waals surface area contributed by atoms with Crippen molar-refractivity contribution in [3.63, 3.8) is 0 Å². The zero-order valence-electron chi connectivity index (χ0n) is 13.3. The van der Waals surface area contributed by atoms with Gasteiger partial charge in [-0.25, -0.2) is 8.42 Å². The Morgan fingerprint density at radius 1 is 0.957 bits per heavy atom. The molecule has 1 unspecified atom stereocenters. The summed E-state index contributed by atoms with van der Waals surface area (Å²) in [6, 6.07) is 7.73. The van der Waals surface area contributed by atoms with Crippen LogP contribution in [0.5, 0.6) is 0 Å². The standard InChI is InChI=1S/C15H25NO5S2/c1-2-3-4-5-6-10-13-22(17,18)16-15(23(19,20)21)14-11-8-7-9-12-14/h7-9,11-12,15-16H,2-6,10,13H2,1H3,(H,19,20,21). The van der Waals surface area contributed by atoms with Crippen LogP contribution in [0.3, 0.4) is 0 Å². The van der Waals surface area contributed by atoms with Gasteiger partial charge in [0.2, 0.25) is 10.0 Å². The van der Waals surface area contributed by atoms with Crippen molar-refractivity contribution in [1.82, 2.24) is 4.72 Å². The topological polar surface area (TPSA) is 101 Å². The van der Waals surface area contributed by atoms with Gasteiger partial charge in [-0.2, -0.15) is 13.1 Å². The van der Waals surface area contributed by atoms with Crippen molar-refractivity contribution >= 4 is 20.1 Å². The van der Waals surface area contributed by atoms with Crippen LogP contribution in [0.2, 0.25) is 0 Å². The number of unbranched alkanes of at least 4 members (excludes halogenated alkanes) is 5. The fraction of sp³-hybridized carbons (Fsp3) is 0.600. The van der Waals surface area contributed by atoms with E-state index in [9.17, 15) is 21.4 Å². The lowest BCUT2D eigenvalue weighted by Crippen LogP contribution is -2.35. The Hall–Kier alpha value is -0.960. The van der Waals surface area contributed by atoms with E-state index in [0.717, 1.165) is 32.1 Å². The maximum atomic E-state index is 12.1. The van der Waals surface area contributed by atoms with Gasteiger partial charge < -0.3 is 0 Å². The number of rotatable bonds is 11. The molecule has 8 heteroatoms. The first-order chi connectivity index (χ1) is 10.8. The fourth-order valence-electron chi connectivity index (χ4n) is 2.22. The summed E-state index contributed by atoms with van der Waals surface area (Å²) in [5.74, 6) is -0.155. The molecule has 0 heterocycles. The van der Waals surface area contributed by atoms with Gasteiger partial charge in [0, 0.05) is 0 Å². The maximum Gasteiger partial charge on any atom is 0.286 e. The van der Waals surface area contributed by atoms with Crippen molar-refractivity contribution in [3.05, 3.63) is 35.9 Å². The number of benzene rings is 1. The van der Waals surface area contributed by atoms with E-state index in [2.05, 4.69) is 11.6 Å². The molecule has 0 radical (unpaired) electrons. The largest absolute Gasteiger partial charge is 0.286 e. The molecule has 0 spiro atoms. The average Bonchev–Trinajstić information content (AvgIpc) is 2.48. The van der Waals surface area contributed by atoms with Crippen molar-refractivity contribution in [2.75, 3.05) is 5.75 Å². The van der Waals surface area contributed by atoms with Crippen molar-refractivity contribution in [3.8, 4) is 0 Å². The maximum absolute atomic E-state index is 12.1. The Morgan fingerprint density at radius 2 is 1.52 bits per heavy atom. The van der Waals surface area contributed by atoms with E-state index in [1.807, 2.05) is 0 Å². The minimum absolute atomic E-state index is 0.155. The molecule has 1 rings (SSSR count). The lowest BCUT2D eigenvalue weighted by atomic mass is 10.1. The molecular weight excluding hydrogens is 338 g/mol. The summed E-state index contributed by atoms with van der Waals surface area (Å²) in [5.41, 5.74) is 0.182. The molecule has 0 fully saturated rings. The van der Waals surface area contributed by atoms with Crippen LogP contribution < -0.4 is 4.72 Å². The molecule has 0 saturated heterocycles. The highest BCUT2D eigenvalue weighted by molar-refractivity contribution is 7.91. The zero-order chi connectivity index (χ0) is 17.3. The van der Waals surface area contributed by atoms with Crippen molar-refractivity contribution in [1.29, 1.82) is 0 Å². The van der Waals surface area contributed by atoms with Crippen LogP contribution in [-0.2, 0) is 20.1 Å². The van der Waals surface area contributed by atoms with E-state index in [-0.39, 0.29) is 11.3 Å². The molecule has 0 amide bonds. The van der Waals surface area contributed by atoms with Crippen LogP contribution in [0, 0.1) is 0 Å². The smallest absolute Gasteiger partial charge is 0.284 e. The van der Waals surface area contributed by atoms with E-state index >= 15 is 0 Å². The van der Waals surface area contributed by atoms with Crippen LogP contribution >= 0.6 is 0 Å². The van der Waals surface area contributed by atoms with E-state index in [0.29, 0.717) is 6.42 Å². The monoisotopic (exact) mass is 363 g/mol. The van der Waals surface area contributed by atoms with Gasteiger partial charge >= 0.3 is 0 Å². The summed E-state index contributed by atoms with van der Waals surface area (Å²) in [6.45, 7) is 2.10. The second kappa shape index (κ2) is 9.36. The first-order valence-electron chi connectivity index (χ1n) is 7.77. The van der Waals surface area contributed by atoms with E-state index in [4.69, 9.17) is 0 Å². The third-order valence-electron chi connectivity index (χ3n) is 3.45. The molecule has 1 aromatic rings. The second-order valence-electron chi connectivity index (χ2n) is 5.51. The van der Waals surface area contributed by atoms with Gasteiger partial charge in [-0.05, 0) is 12.0 Å². The predicted octanol–water partition coefficient (Wildman–Crippen LogP) is 2.85. The van der Waals surface area contributed by atoms with Crippen molar-refractivity contribution < 1.29 is 21.4 Å². The normalized spacial score (nSPS) is 13.8. The van der Waals surface area contributed by atoms with Gasteiger partial charge in [0.05, 0.1) is 5.75 Å². The molecule has 6 nitrogen and oxygen atoms in total. The number of sulfonamides is 1. The highest BCUT2D eigenvalue weighted by Gasteiger charge is 2.29. The zero-order valence-corrected chi connectivity index (χ0v) is 14.9. The summed E-state index contributed by atoms with van der Waals surface area (Å²) in [5, 5.41) is -1.67. The molecule has 1 atom stereocenters. The van der Waals surface area contributed by atoms with E-state index < -0.39 is 25.5 Å². The molecule has 0 aliphatic heterocycles. The van der Waals surface area contributed by atoms with Gasteiger partial charge in [0.25, 0.3) is 10.1 Å². The van der Waals surface area contributed by atoms with Gasteiger partial charge in [0.15, 0.2) is 5.37 Å². The van der Waals surface area contributed by atoms with Gasteiger partial charge in [0.1, 0.15) is 0 Å². The minimum atomic E-state index is -4.58. The predicted molar refractivity (Wildman–Crippen MR) is 91.0 cm³/mol. The number of hydrogen-bond donors (Lipinski definition) is 2. The molecule has 23 heavy (non-hydrogen) atoms. The van der Waals surface area contributed by atoms with Gasteiger partial charge in [-0.1, -0.05) is 69.4 Å². The first-order valence-corrected chi connectivity index (χ1v) is 10.9. The Kier molecular flexibility index (Phi) is 8.18. The molecule has 0 aliphatic rings. The average molecular weight is 364 g/mol. The van der Waals surface area contributed by atoms with Gasteiger partial charge in [-0.3, -0.25) is 4.55 Å². The van der Waals surface area contributed by atoms with Gasteiger partial charge in [-0.15, -0.1) is 0 Å². The third-order valence-corrected chi connectivity index (χ3v) is 6.01. The highest BCUT2D eigenvalue weighted by Crippen LogP contribution is 2.19. The lowest BCUT2D eigenvalue weighted by Gasteiger charge is -2.16. The Labute approximate surface area is 139 Å². The molecule has 0 bridgehead atoms. The molecule has 0 saturated carbocycles. The SMILES string of the molecule is CCCCCCCCS(=O)(=O)NC(c1ccccc1)S(=O)(=O)O. The first kappa shape index (κ1) is 20.1. The highest BCUT2D eigenvalue weighted by atomic mass is 32.2. The Bertz CT molecular complexity index is 656. The summed E-state index contributed by atoms with van der Waals surface area (Å²) in [4.78, 5) is 0. The molecule has 2 N–H and O–H groups in total. The van der Waals surface area contributed by atoms with Crippen molar-refractivity contribution in [2.45, 2.75) is 50.8 Å². The van der Waals surface area contributed by atoms with Crippen LogP contribution in [0.4, 0.5) is 0 Å². The third kappa shape index (κ3) is 7.92. The lowest BCUT2D eigenvalue weighted by molar-refractivity contribution is 0.462. The van der Waals surface area contributed by atoms with Crippen LogP contribution in [0.1, 0.15) is 56.4 Å². The summed E-state index contributed by atoms with van der Waals surface area (Å²) >= 11 is 0.